The van der Waals surface area contributed by atoms with Gasteiger partial charge in [-0.1, -0.05) is 12.1 Å². The van der Waals surface area contributed by atoms with E-state index in [1.54, 1.807) is 30.5 Å². The summed E-state index contributed by atoms with van der Waals surface area (Å²) in [7, 11) is 0. The van der Waals surface area contributed by atoms with Crippen LogP contribution in [0.5, 0.6) is 0 Å². The number of pyridine rings is 1. The molecule has 0 aliphatic rings. The minimum absolute atomic E-state index is 0.121. The average Bonchev–Trinajstić information content (AvgIpc) is 2.49. The van der Waals surface area contributed by atoms with Crippen LogP contribution in [0.1, 0.15) is 15.9 Å². The van der Waals surface area contributed by atoms with Gasteiger partial charge in [0.2, 0.25) is 0 Å². The summed E-state index contributed by atoms with van der Waals surface area (Å²) < 4.78 is 13.4. The van der Waals surface area contributed by atoms with Crippen LogP contribution >= 0.6 is 0 Å². The molecule has 0 aliphatic heterocycles. The summed E-state index contributed by atoms with van der Waals surface area (Å²) in [6.07, 6.45) is 1.69. The lowest BCUT2D eigenvalue weighted by Gasteiger charge is -2.06. The van der Waals surface area contributed by atoms with Gasteiger partial charge in [0, 0.05) is 22.7 Å². The summed E-state index contributed by atoms with van der Waals surface area (Å²) in [4.78, 5) is 16.6. The second-order valence-electron chi connectivity index (χ2n) is 4.44. The van der Waals surface area contributed by atoms with E-state index in [-0.39, 0.29) is 17.0 Å². The maximum atomic E-state index is 13.4. The first-order valence-electron chi connectivity index (χ1n) is 6.10. The van der Waals surface area contributed by atoms with Crippen LogP contribution in [0.15, 0.2) is 54.7 Å². The van der Waals surface area contributed by atoms with E-state index in [1.165, 1.54) is 18.2 Å². The first kappa shape index (κ1) is 12.3. The molecule has 0 atom stereocenters. The van der Waals surface area contributed by atoms with Gasteiger partial charge >= 0.3 is 0 Å². The van der Waals surface area contributed by atoms with Crippen LogP contribution in [0.25, 0.3) is 10.9 Å². The second kappa shape index (κ2) is 4.74. The molecule has 0 bridgehead atoms. The van der Waals surface area contributed by atoms with Crippen LogP contribution in [0.2, 0.25) is 0 Å². The van der Waals surface area contributed by atoms with Gasteiger partial charge in [-0.15, -0.1) is 0 Å². The number of aromatic nitrogens is 1. The van der Waals surface area contributed by atoms with Crippen LogP contribution in [0.4, 0.5) is 10.1 Å². The molecule has 0 saturated heterocycles. The number of halogens is 1. The molecule has 0 amide bonds. The summed E-state index contributed by atoms with van der Waals surface area (Å²) in [5.41, 5.74) is 6.94. The first-order chi connectivity index (χ1) is 9.66. The highest BCUT2D eigenvalue weighted by molar-refractivity contribution is 6.13. The average molecular weight is 266 g/mol. The number of nitrogen functional groups attached to an aromatic ring is 1. The minimum Gasteiger partial charge on any atom is -0.396 e. The van der Waals surface area contributed by atoms with Crippen molar-refractivity contribution in [2.24, 2.45) is 0 Å². The molecule has 1 aromatic heterocycles. The minimum atomic E-state index is -0.585. The SMILES string of the molecule is Nc1c(F)cccc1C(=O)c1ccc2ncccc2c1. The molecule has 0 spiro atoms. The number of anilines is 1. The number of carbonyl (C=O) groups is 1. The zero-order chi connectivity index (χ0) is 14.1. The normalized spacial score (nSPS) is 10.7. The molecule has 3 aromatic rings. The molecule has 98 valence electrons. The molecule has 0 radical (unpaired) electrons. The van der Waals surface area contributed by atoms with Crippen molar-refractivity contribution in [3.05, 3.63) is 71.7 Å². The highest BCUT2D eigenvalue weighted by Gasteiger charge is 2.15. The third-order valence-electron chi connectivity index (χ3n) is 3.16. The molecule has 1 heterocycles. The number of nitrogens with zero attached hydrogens (tertiary/aromatic N) is 1. The van der Waals surface area contributed by atoms with Crippen molar-refractivity contribution in [2.45, 2.75) is 0 Å². The van der Waals surface area contributed by atoms with Gasteiger partial charge in [0.05, 0.1) is 11.2 Å². The lowest BCUT2D eigenvalue weighted by atomic mass is 10.00. The van der Waals surface area contributed by atoms with Gasteiger partial charge in [0.25, 0.3) is 0 Å². The Kier molecular flexibility index (Phi) is 2.91. The number of hydrogen-bond donors (Lipinski definition) is 1. The van der Waals surface area contributed by atoms with E-state index < -0.39 is 5.82 Å². The molecular weight excluding hydrogens is 255 g/mol. The molecule has 3 rings (SSSR count). The number of nitrogens with two attached hydrogens (primary N) is 1. The Hall–Kier alpha value is -2.75. The number of para-hydroxylation sites is 1. The summed E-state index contributed by atoms with van der Waals surface area (Å²) in [6, 6.07) is 13.1. The lowest BCUT2D eigenvalue weighted by molar-refractivity contribution is 0.103. The van der Waals surface area contributed by atoms with Gasteiger partial charge < -0.3 is 5.73 Å². The molecule has 0 aliphatic carbocycles. The molecule has 0 saturated carbocycles. The van der Waals surface area contributed by atoms with Crippen molar-refractivity contribution in [3.63, 3.8) is 0 Å². The zero-order valence-electron chi connectivity index (χ0n) is 10.5. The maximum absolute atomic E-state index is 13.4. The number of ketones is 1. The maximum Gasteiger partial charge on any atom is 0.195 e. The second-order valence-corrected chi connectivity index (χ2v) is 4.44. The fraction of sp³-hybridized carbons (Fsp3) is 0. The van der Waals surface area contributed by atoms with Crippen molar-refractivity contribution in [1.82, 2.24) is 4.98 Å². The van der Waals surface area contributed by atoms with Gasteiger partial charge in [-0.05, 0) is 36.4 Å². The topological polar surface area (TPSA) is 56.0 Å². The van der Waals surface area contributed by atoms with Crippen molar-refractivity contribution in [1.29, 1.82) is 0 Å². The molecule has 2 aromatic carbocycles. The summed E-state index contributed by atoms with van der Waals surface area (Å²) in [6.45, 7) is 0. The van der Waals surface area contributed by atoms with Crippen molar-refractivity contribution < 1.29 is 9.18 Å². The highest BCUT2D eigenvalue weighted by Crippen LogP contribution is 2.21. The van der Waals surface area contributed by atoms with Crippen LogP contribution in [-0.2, 0) is 0 Å². The van der Waals surface area contributed by atoms with E-state index in [2.05, 4.69) is 4.98 Å². The van der Waals surface area contributed by atoms with E-state index in [0.29, 0.717) is 5.56 Å². The molecule has 4 heteroatoms. The standard InChI is InChI=1S/C16H11FN2O/c17-13-5-1-4-12(15(13)18)16(20)11-6-7-14-10(9-11)3-2-8-19-14/h1-9H,18H2. The van der Waals surface area contributed by atoms with E-state index in [1.807, 2.05) is 6.07 Å². The Labute approximate surface area is 114 Å². The Balaban J connectivity index is 2.10. The Bertz CT molecular complexity index is 814. The molecule has 3 nitrogen and oxygen atoms in total. The Morgan fingerprint density at radius 1 is 1.10 bits per heavy atom. The summed E-state index contributed by atoms with van der Waals surface area (Å²) in [5, 5.41) is 0.855. The smallest absolute Gasteiger partial charge is 0.195 e. The largest absolute Gasteiger partial charge is 0.396 e. The quantitative estimate of drug-likeness (QED) is 0.572. The number of benzene rings is 2. The lowest BCUT2D eigenvalue weighted by Crippen LogP contribution is -2.07. The third-order valence-corrected chi connectivity index (χ3v) is 3.16. The van der Waals surface area contributed by atoms with E-state index in [4.69, 9.17) is 5.73 Å². The Morgan fingerprint density at radius 2 is 1.95 bits per heavy atom. The molecule has 0 unspecified atom stereocenters. The molecular formula is C16H11FN2O. The van der Waals surface area contributed by atoms with E-state index in [9.17, 15) is 9.18 Å². The summed E-state index contributed by atoms with van der Waals surface area (Å²) >= 11 is 0. The van der Waals surface area contributed by atoms with Gasteiger partial charge in [0.1, 0.15) is 5.82 Å². The van der Waals surface area contributed by atoms with Gasteiger partial charge in [-0.3, -0.25) is 9.78 Å². The van der Waals surface area contributed by atoms with Crippen molar-refractivity contribution in [2.75, 3.05) is 5.73 Å². The predicted molar refractivity (Wildman–Crippen MR) is 76.0 cm³/mol. The fourth-order valence-electron chi connectivity index (χ4n) is 2.11. The third kappa shape index (κ3) is 2.01. The van der Waals surface area contributed by atoms with E-state index in [0.717, 1.165) is 10.9 Å². The molecule has 20 heavy (non-hydrogen) atoms. The Morgan fingerprint density at radius 3 is 2.80 bits per heavy atom. The fourth-order valence-corrected chi connectivity index (χ4v) is 2.11. The number of carbonyl (C=O) groups excluding carboxylic acids is 1. The first-order valence-corrected chi connectivity index (χ1v) is 6.10. The number of hydrogen-bond acceptors (Lipinski definition) is 3. The van der Waals surface area contributed by atoms with Crippen molar-refractivity contribution in [3.8, 4) is 0 Å². The molecule has 0 fully saturated rings. The van der Waals surface area contributed by atoms with Gasteiger partial charge in [0.15, 0.2) is 5.78 Å². The van der Waals surface area contributed by atoms with Gasteiger partial charge in [-0.25, -0.2) is 4.39 Å². The zero-order valence-corrected chi connectivity index (χ0v) is 10.5. The van der Waals surface area contributed by atoms with Crippen molar-refractivity contribution >= 4 is 22.4 Å². The van der Waals surface area contributed by atoms with Crippen LogP contribution in [0.3, 0.4) is 0 Å². The highest BCUT2D eigenvalue weighted by atomic mass is 19.1. The number of fused-ring (bicyclic) bond motifs is 1. The monoisotopic (exact) mass is 266 g/mol. The number of rotatable bonds is 2. The molecule has 2 N–H and O–H groups in total. The van der Waals surface area contributed by atoms with Crippen LogP contribution < -0.4 is 5.73 Å². The van der Waals surface area contributed by atoms with Gasteiger partial charge in [-0.2, -0.15) is 0 Å². The van der Waals surface area contributed by atoms with Crippen LogP contribution in [-0.4, -0.2) is 10.8 Å². The van der Waals surface area contributed by atoms with Crippen LogP contribution in [0, 0.1) is 5.82 Å². The summed E-state index contributed by atoms with van der Waals surface area (Å²) in [5.74, 6) is -0.883. The predicted octanol–water partition coefficient (Wildman–Crippen LogP) is 3.19. The van der Waals surface area contributed by atoms with E-state index >= 15 is 0 Å².